The molecule has 44 nitrogen and oxygen atoms in total. The lowest BCUT2D eigenvalue weighted by Gasteiger charge is -2.29. The molecular formula is C76H134N20O24. The maximum atomic E-state index is 14.8. The Balaban J connectivity index is 7.53. The second-order valence-corrected chi connectivity index (χ2v) is 31.2. The molecule has 0 heterocycles. The van der Waals surface area contributed by atoms with Crippen molar-refractivity contribution in [3.63, 3.8) is 0 Å². The maximum absolute atomic E-state index is 14.8. The summed E-state index contributed by atoms with van der Waals surface area (Å²) in [5, 5.41) is 73.7. The minimum Gasteiger partial charge on any atom is -0.481 e. The Kier molecular flexibility index (Phi) is 54.5. The molecule has 13 atom stereocenters. The quantitative estimate of drug-likeness (QED) is 0.0253. The zero-order valence-electron chi connectivity index (χ0n) is 70.4. The summed E-state index contributed by atoms with van der Waals surface area (Å²) in [6.45, 7) is 14.5. The third-order valence-electron chi connectivity index (χ3n) is 18.3. The van der Waals surface area contributed by atoms with Gasteiger partial charge in [-0.3, -0.25) is 95.9 Å². The van der Waals surface area contributed by atoms with Gasteiger partial charge in [0.2, 0.25) is 94.5 Å². The molecule has 30 N–H and O–H groups in total. The number of unbranched alkanes of at least 4 members (excludes halogenated alkanes) is 4. The van der Waals surface area contributed by atoms with Gasteiger partial charge in [0.15, 0.2) is 0 Å². The third-order valence-corrected chi connectivity index (χ3v) is 18.3. The summed E-state index contributed by atoms with van der Waals surface area (Å²) < 4.78 is 0. The topological polar surface area (TPSA) is 747 Å². The largest absolute Gasteiger partial charge is 0.481 e. The van der Waals surface area contributed by atoms with E-state index in [1.807, 2.05) is 0 Å². The van der Waals surface area contributed by atoms with E-state index in [1.54, 1.807) is 55.4 Å². The molecule has 44 heteroatoms. The molecule has 0 aromatic heterocycles. The SMILES string of the molecule is CC(=O)N[C@@H](CC(N)=O)C(=O)N[C@@H](CC(C)C)C(=O)N[C@@H](CCC(=O)O)C(=O)N[C@@H](CCC(=O)O)C(=O)N[C@@H](CC(C)C)C(=O)N[C@@H](CCCCN)C(=O)N[C@@H](CCCCN)C(=O)N[C@@H](CCCCN)C(=O)N[C@@H](CC(C)C)C(=O)N[C@@H](CCC(=O)O)C(=O)N[C@@H](CCC(=O)O)C(=O)N[C@@H](CC(C)C)C(=O)N[C@@H](CCCCN)C(=O)NCC(N)=O. The summed E-state index contributed by atoms with van der Waals surface area (Å²) in [4.78, 5) is 268. The van der Waals surface area contributed by atoms with Gasteiger partial charge in [-0.2, -0.15) is 0 Å². The van der Waals surface area contributed by atoms with E-state index in [0.29, 0.717) is 32.1 Å². The van der Waals surface area contributed by atoms with E-state index in [2.05, 4.69) is 74.4 Å². The van der Waals surface area contributed by atoms with Crippen LogP contribution in [0.15, 0.2) is 0 Å². The highest BCUT2D eigenvalue weighted by Gasteiger charge is 2.39. The van der Waals surface area contributed by atoms with E-state index in [-0.39, 0.29) is 109 Å². The fourth-order valence-corrected chi connectivity index (χ4v) is 12.2. The number of aliphatic carboxylic acids is 4. The lowest BCUT2D eigenvalue weighted by molar-refractivity contribution is -0.140. The van der Waals surface area contributed by atoms with Crippen LogP contribution in [-0.2, 0) is 95.9 Å². The molecule has 0 bridgehead atoms. The van der Waals surface area contributed by atoms with Crippen molar-refractivity contribution in [3.05, 3.63) is 0 Å². The van der Waals surface area contributed by atoms with Gasteiger partial charge in [-0.1, -0.05) is 55.4 Å². The van der Waals surface area contributed by atoms with Crippen LogP contribution < -0.4 is 109 Å². The molecule has 0 aliphatic rings. The molecule has 0 rings (SSSR count). The number of hydrogen-bond donors (Lipinski definition) is 24. The lowest BCUT2D eigenvalue weighted by Crippen LogP contribution is -2.61. The average Bonchev–Trinajstić information content (AvgIpc) is 0.856. The Morgan fingerprint density at radius 2 is 0.425 bits per heavy atom. The van der Waals surface area contributed by atoms with Gasteiger partial charge in [-0.15, -0.1) is 0 Å². The van der Waals surface area contributed by atoms with Crippen LogP contribution in [0.1, 0.15) is 223 Å². The standard InChI is InChI=1S/C76H134N20O24/c1-40(2)34-53(72(116)85-45(18-10-14-30-77)64(108)83-39-59(82)99)94-70(114)51(24-28-62(104)105)89-68(112)49(22-26-60(100)101)91-74(118)55(36-42(5)6)93-67(111)48(21-13-17-33-80)87-65(109)46(19-11-15-31-78)86-66(110)47(20-12-16-32-79)88-73(117)54(35-41(3)4)95-71(115)52(25-29-63(106)107)90-69(113)50(23-27-61(102)103)92-75(119)56(37-43(7)8)96-76(120)57(38-58(81)98)84-44(9)97/h40-43,45-57H,10-39,77-80H2,1-9H3,(H2,81,98)(H2,82,99)(H,83,108)(H,84,97)(H,85,116)(H,86,110)(H,87,109)(H,88,117)(H,89,112)(H,90,113)(H,91,118)(H,92,119)(H,93,111)(H,94,114)(H,95,115)(H,96,120)(H,100,101)(H,102,103)(H,104,105)(H,106,107)/t45-,46-,47-,48-,49-,50-,51-,52-,53-,54-,55-,56-,57-/m0/s1. The Bertz CT molecular complexity index is 3390. The Morgan fingerprint density at radius 1 is 0.242 bits per heavy atom. The number of amides is 16. The Labute approximate surface area is 698 Å². The number of carbonyl (C=O) groups excluding carboxylic acids is 16. The van der Waals surface area contributed by atoms with Crippen molar-refractivity contribution < 1.29 is 116 Å². The normalized spacial score (nSPS) is 14.4. The molecule has 0 saturated carbocycles. The van der Waals surface area contributed by atoms with E-state index in [1.165, 1.54) is 0 Å². The molecule has 0 aromatic carbocycles. The predicted octanol–water partition coefficient (Wildman–Crippen LogP) is -5.05. The van der Waals surface area contributed by atoms with E-state index >= 15 is 0 Å². The van der Waals surface area contributed by atoms with Gasteiger partial charge in [0, 0.05) is 32.6 Å². The van der Waals surface area contributed by atoms with Crippen molar-refractivity contribution in [2.75, 3.05) is 32.7 Å². The number of rotatable bonds is 66. The van der Waals surface area contributed by atoms with Crippen LogP contribution in [0.2, 0.25) is 0 Å². The first-order valence-corrected chi connectivity index (χ1v) is 40.7. The summed E-state index contributed by atoms with van der Waals surface area (Å²) in [5.41, 5.74) is 33.7. The van der Waals surface area contributed by atoms with Gasteiger partial charge < -0.3 is 129 Å². The van der Waals surface area contributed by atoms with Crippen molar-refractivity contribution in [2.24, 2.45) is 58.1 Å². The molecule has 0 radical (unpaired) electrons. The van der Waals surface area contributed by atoms with Crippen molar-refractivity contribution in [1.82, 2.24) is 74.4 Å². The molecule has 0 aliphatic carbocycles. The first-order valence-electron chi connectivity index (χ1n) is 40.7. The highest BCUT2D eigenvalue weighted by molar-refractivity contribution is 6.01. The minimum atomic E-state index is -1.82. The minimum absolute atomic E-state index is 0.0475. The molecule has 120 heavy (non-hydrogen) atoms. The zero-order chi connectivity index (χ0) is 91.5. The monoisotopic (exact) mass is 1710 g/mol. The predicted molar refractivity (Wildman–Crippen MR) is 434 cm³/mol. The number of carbonyl (C=O) groups is 20. The van der Waals surface area contributed by atoms with Crippen molar-refractivity contribution in [1.29, 1.82) is 0 Å². The summed E-state index contributed by atoms with van der Waals surface area (Å²) in [7, 11) is 0. The molecule has 0 aliphatic heterocycles. The van der Waals surface area contributed by atoms with Crippen molar-refractivity contribution in [2.45, 2.75) is 301 Å². The van der Waals surface area contributed by atoms with E-state index < -0.39 is 273 Å². The van der Waals surface area contributed by atoms with Crippen LogP contribution in [0.5, 0.6) is 0 Å². The summed E-state index contributed by atoms with van der Waals surface area (Å²) >= 11 is 0. The van der Waals surface area contributed by atoms with Gasteiger partial charge in [-0.25, -0.2) is 0 Å². The fourth-order valence-electron chi connectivity index (χ4n) is 12.2. The van der Waals surface area contributed by atoms with Crippen molar-refractivity contribution >= 4 is 118 Å². The molecule has 0 unspecified atom stereocenters. The molecular weight excluding hydrogens is 1580 g/mol. The van der Waals surface area contributed by atoms with E-state index in [9.17, 15) is 116 Å². The lowest BCUT2D eigenvalue weighted by atomic mass is 9.99. The summed E-state index contributed by atoms with van der Waals surface area (Å²) in [5.74, 6) is -23.1. The summed E-state index contributed by atoms with van der Waals surface area (Å²) in [6.07, 6.45) is -4.79. The van der Waals surface area contributed by atoms with Crippen LogP contribution in [-0.4, -0.2) is 250 Å². The van der Waals surface area contributed by atoms with Gasteiger partial charge in [0.1, 0.15) is 78.5 Å². The number of nitrogens with two attached hydrogens (primary N) is 6. The van der Waals surface area contributed by atoms with Gasteiger partial charge in [0.05, 0.1) is 13.0 Å². The van der Waals surface area contributed by atoms with Crippen molar-refractivity contribution in [3.8, 4) is 0 Å². The Hall–Kier alpha value is -10.8. The molecule has 0 spiro atoms. The van der Waals surface area contributed by atoms with Gasteiger partial charge in [0.25, 0.3) is 0 Å². The molecule has 0 fully saturated rings. The van der Waals surface area contributed by atoms with Crippen LogP contribution in [0, 0.1) is 23.7 Å². The smallest absolute Gasteiger partial charge is 0.303 e. The van der Waals surface area contributed by atoms with E-state index in [4.69, 9.17) is 34.4 Å². The average molecular weight is 1710 g/mol. The van der Waals surface area contributed by atoms with Crippen LogP contribution >= 0.6 is 0 Å². The third kappa shape index (κ3) is 48.3. The number of carboxylic acids is 4. The van der Waals surface area contributed by atoms with E-state index in [0.717, 1.165) is 6.92 Å². The highest BCUT2D eigenvalue weighted by atomic mass is 16.4. The molecule has 0 aromatic rings. The highest BCUT2D eigenvalue weighted by Crippen LogP contribution is 2.17. The van der Waals surface area contributed by atoms with Crippen LogP contribution in [0.4, 0.5) is 0 Å². The second-order valence-electron chi connectivity index (χ2n) is 31.2. The number of primary amides is 2. The second kappa shape index (κ2) is 59.8. The molecule has 16 amide bonds. The Morgan fingerprint density at radius 3 is 0.600 bits per heavy atom. The fraction of sp³-hybridized carbons (Fsp3) is 0.737. The van der Waals surface area contributed by atoms with Gasteiger partial charge in [-0.05, 0) is 178 Å². The molecule has 682 valence electrons. The van der Waals surface area contributed by atoms with Crippen LogP contribution in [0.3, 0.4) is 0 Å². The maximum Gasteiger partial charge on any atom is 0.303 e. The number of hydrogen-bond acceptors (Lipinski definition) is 24. The first-order chi connectivity index (χ1) is 56.3. The molecule has 0 saturated heterocycles. The summed E-state index contributed by atoms with van der Waals surface area (Å²) in [6, 6.07) is -20.5. The van der Waals surface area contributed by atoms with Gasteiger partial charge >= 0.3 is 23.9 Å². The number of nitrogens with one attached hydrogen (secondary N) is 14. The first kappa shape index (κ1) is 109. The zero-order valence-corrected chi connectivity index (χ0v) is 70.4. The van der Waals surface area contributed by atoms with Crippen LogP contribution in [0.25, 0.3) is 0 Å². The number of carboxylic acid groups (broad SMARTS) is 4.